The lowest BCUT2D eigenvalue weighted by atomic mass is 10.2. The first kappa shape index (κ1) is 12.1. The number of benzene rings is 1. The molecule has 0 spiro atoms. The maximum absolute atomic E-state index is 11.9. The van der Waals surface area contributed by atoms with Gasteiger partial charge in [-0.1, -0.05) is 12.1 Å². The van der Waals surface area contributed by atoms with Crippen LogP contribution < -0.4 is 10.2 Å². The molecule has 5 nitrogen and oxygen atoms in total. The van der Waals surface area contributed by atoms with Crippen molar-refractivity contribution in [2.45, 2.75) is 18.9 Å². The second kappa shape index (κ2) is 4.99. The smallest absolute Gasteiger partial charge is 0.317 e. The van der Waals surface area contributed by atoms with Crippen LogP contribution in [0.2, 0.25) is 0 Å². The molecule has 1 saturated heterocycles. The Morgan fingerprint density at radius 1 is 1.16 bits per heavy atom. The Morgan fingerprint density at radius 2 is 1.84 bits per heavy atom. The zero-order valence-corrected chi connectivity index (χ0v) is 10.9. The van der Waals surface area contributed by atoms with Gasteiger partial charge in [-0.2, -0.15) is 0 Å². The summed E-state index contributed by atoms with van der Waals surface area (Å²) >= 11 is 0. The molecular weight excluding hydrogens is 242 g/mol. The highest BCUT2D eigenvalue weighted by atomic mass is 16.3. The molecule has 0 radical (unpaired) electrons. The normalized spacial score (nSPS) is 19.4. The average molecular weight is 261 g/mol. The molecule has 1 heterocycles. The van der Waals surface area contributed by atoms with Crippen molar-refractivity contribution in [1.82, 2.24) is 10.2 Å². The lowest BCUT2D eigenvalue weighted by molar-refractivity contribution is 0.194. The van der Waals surface area contributed by atoms with Gasteiger partial charge in [0.05, 0.1) is 5.69 Å². The van der Waals surface area contributed by atoms with E-state index in [1.165, 1.54) is 0 Å². The van der Waals surface area contributed by atoms with E-state index in [1.54, 1.807) is 6.07 Å². The highest BCUT2D eigenvalue weighted by Gasteiger charge is 2.28. The third-order valence-corrected chi connectivity index (χ3v) is 3.69. The van der Waals surface area contributed by atoms with Crippen LogP contribution in [-0.4, -0.2) is 48.3 Å². The van der Waals surface area contributed by atoms with Gasteiger partial charge in [0.25, 0.3) is 0 Å². The molecule has 2 amide bonds. The summed E-state index contributed by atoms with van der Waals surface area (Å²) in [6.07, 6.45) is 2.23. The summed E-state index contributed by atoms with van der Waals surface area (Å²) in [6, 6.07) is 7.80. The van der Waals surface area contributed by atoms with Gasteiger partial charge in [-0.3, -0.25) is 0 Å². The molecular formula is C14H19N3O2. The molecule has 1 aromatic carbocycles. The van der Waals surface area contributed by atoms with Crippen molar-refractivity contribution in [1.29, 1.82) is 0 Å². The van der Waals surface area contributed by atoms with Crippen LogP contribution in [0.15, 0.2) is 24.3 Å². The number of carbonyl (C=O) groups is 1. The Bertz CT molecular complexity index is 466. The third kappa shape index (κ3) is 2.75. The summed E-state index contributed by atoms with van der Waals surface area (Å²) in [6.45, 7) is 2.92. The molecule has 5 heteroatoms. The number of urea groups is 1. The number of piperazine rings is 1. The molecule has 2 N–H and O–H groups in total. The molecule has 0 unspecified atom stereocenters. The van der Waals surface area contributed by atoms with Crippen LogP contribution in [-0.2, 0) is 0 Å². The maximum Gasteiger partial charge on any atom is 0.317 e. The molecule has 0 aromatic heterocycles. The molecule has 1 aliphatic carbocycles. The Hall–Kier alpha value is -1.91. The van der Waals surface area contributed by atoms with Gasteiger partial charge >= 0.3 is 6.03 Å². The van der Waals surface area contributed by atoms with Crippen molar-refractivity contribution in [2.75, 3.05) is 31.1 Å². The minimum atomic E-state index is 0.0550. The van der Waals surface area contributed by atoms with Gasteiger partial charge in [0.2, 0.25) is 0 Å². The topological polar surface area (TPSA) is 55.8 Å². The van der Waals surface area contributed by atoms with E-state index in [2.05, 4.69) is 10.2 Å². The number of hydrogen-bond donors (Lipinski definition) is 2. The SMILES string of the molecule is O=C(NC1CC1)N1CCN(c2ccccc2O)CC1. The number of anilines is 1. The van der Waals surface area contributed by atoms with Crippen LogP contribution >= 0.6 is 0 Å². The van der Waals surface area contributed by atoms with Crippen molar-refractivity contribution < 1.29 is 9.90 Å². The number of amides is 2. The number of nitrogens with one attached hydrogen (secondary N) is 1. The van der Waals surface area contributed by atoms with Crippen LogP contribution in [0.1, 0.15) is 12.8 Å². The van der Waals surface area contributed by atoms with Crippen molar-refractivity contribution in [3.8, 4) is 5.75 Å². The summed E-state index contributed by atoms with van der Waals surface area (Å²) < 4.78 is 0. The zero-order valence-electron chi connectivity index (χ0n) is 10.9. The molecule has 2 fully saturated rings. The molecule has 1 aromatic rings. The van der Waals surface area contributed by atoms with E-state index in [-0.39, 0.29) is 6.03 Å². The minimum Gasteiger partial charge on any atom is -0.506 e. The highest BCUT2D eigenvalue weighted by molar-refractivity contribution is 5.75. The van der Waals surface area contributed by atoms with Crippen LogP contribution in [0.5, 0.6) is 5.75 Å². The zero-order chi connectivity index (χ0) is 13.2. The number of phenols is 1. The van der Waals surface area contributed by atoms with Crippen LogP contribution in [0, 0.1) is 0 Å². The second-order valence-electron chi connectivity index (χ2n) is 5.19. The second-order valence-corrected chi connectivity index (χ2v) is 5.19. The van der Waals surface area contributed by atoms with E-state index >= 15 is 0 Å². The first-order chi connectivity index (χ1) is 9.24. The van der Waals surface area contributed by atoms with E-state index in [4.69, 9.17) is 0 Å². The van der Waals surface area contributed by atoms with E-state index in [0.29, 0.717) is 24.9 Å². The number of nitrogens with zero attached hydrogens (tertiary/aromatic N) is 2. The van der Waals surface area contributed by atoms with Crippen LogP contribution in [0.25, 0.3) is 0 Å². The number of rotatable bonds is 2. The molecule has 19 heavy (non-hydrogen) atoms. The first-order valence-corrected chi connectivity index (χ1v) is 6.82. The maximum atomic E-state index is 11.9. The lowest BCUT2D eigenvalue weighted by Crippen LogP contribution is -2.52. The molecule has 0 bridgehead atoms. The van der Waals surface area contributed by atoms with Gasteiger partial charge < -0.3 is 20.2 Å². The number of aromatic hydroxyl groups is 1. The van der Waals surface area contributed by atoms with E-state index < -0.39 is 0 Å². The lowest BCUT2D eigenvalue weighted by Gasteiger charge is -2.36. The number of carbonyl (C=O) groups excluding carboxylic acids is 1. The third-order valence-electron chi connectivity index (χ3n) is 3.69. The Morgan fingerprint density at radius 3 is 2.47 bits per heavy atom. The summed E-state index contributed by atoms with van der Waals surface area (Å²) in [5, 5.41) is 12.8. The summed E-state index contributed by atoms with van der Waals surface area (Å²) in [4.78, 5) is 15.9. The highest BCUT2D eigenvalue weighted by Crippen LogP contribution is 2.27. The van der Waals surface area contributed by atoms with Gasteiger partial charge in [0, 0.05) is 32.2 Å². The molecule has 1 saturated carbocycles. The van der Waals surface area contributed by atoms with Gasteiger partial charge in [0.15, 0.2) is 0 Å². The number of phenolic OH excluding ortho intramolecular Hbond substituents is 1. The van der Waals surface area contributed by atoms with E-state index in [0.717, 1.165) is 31.6 Å². The largest absolute Gasteiger partial charge is 0.506 e. The average Bonchev–Trinajstić information content (AvgIpc) is 3.23. The predicted molar refractivity (Wildman–Crippen MR) is 73.4 cm³/mol. The van der Waals surface area contributed by atoms with Gasteiger partial charge in [0.1, 0.15) is 5.75 Å². The van der Waals surface area contributed by atoms with Crippen LogP contribution in [0.3, 0.4) is 0 Å². The number of para-hydroxylation sites is 2. The Kier molecular flexibility index (Phi) is 3.19. The Labute approximate surface area is 112 Å². The fourth-order valence-electron chi connectivity index (χ4n) is 2.38. The fraction of sp³-hybridized carbons (Fsp3) is 0.500. The van der Waals surface area contributed by atoms with Crippen molar-refractivity contribution in [3.05, 3.63) is 24.3 Å². The molecule has 2 aliphatic rings. The first-order valence-electron chi connectivity index (χ1n) is 6.82. The van der Waals surface area contributed by atoms with Gasteiger partial charge in [-0.25, -0.2) is 4.79 Å². The number of hydrogen-bond acceptors (Lipinski definition) is 3. The molecule has 0 atom stereocenters. The van der Waals surface area contributed by atoms with E-state index in [1.807, 2.05) is 23.1 Å². The monoisotopic (exact) mass is 261 g/mol. The summed E-state index contributed by atoms with van der Waals surface area (Å²) in [5.74, 6) is 0.304. The van der Waals surface area contributed by atoms with Crippen molar-refractivity contribution in [2.24, 2.45) is 0 Å². The van der Waals surface area contributed by atoms with Crippen molar-refractivity contribution in [3.63, 3.8) is 0 Å². The van der Waals surface area contributed by atoms with E-state index in [9.17, 15) is 9.90 Å². The Balaban J connectivity index is 1.57. The molecule has 102 valence electrons. The van der Waals surface area contributed by atoms with Crippen LogP contribution in [0.4, 0.5) is 10.5 Å². The predicted octanol–water partition coefficient (Wildman–Crippen LogP) is 1.39. The fourth-order valence-corrected chi connectivity index (χ4v) is 2.38. The van der Waals surface area contributed by atoms with Gasteiger partial charge in [-0.15, -0.1) is 0 Å². The van der Waals surface area contributed by atoms with Crippen molar-refractivity contribution >= 4 is 11.7 Å². The molecule has 1 aliphatic heterocycles. The molecule has 3 rings (SSSR count). The van der Waals surface area contributed by atoms with Gasteiger partial charge in [-0.05, 0) is 25.0 Å². The summed E-state index contributed by atoms with van der Waals surface area (Å²) in [5.41, 5.74) is 0.852. The standard InChI is InChI=1S/C14H19N3O2/c18-13-4-2-1-3-12(13)16-7-9-17(10-8-16)14(19)15-11-5-6-11/h1-4,11,18H,5-10H2,(H,15,19). The quantitative estimate of drug-likeness (QED) is 0.846. The minimum absolute atomic E-state index is 0.0550. The summed E-state index contributed by atoms with van der Waals surface area (Å²) in [7, 11) is 0.